The molecule has 0 spiro atoms. The molecule has 0 N–H and O–H groups in total. The molecule has 1 aromatic heterocycles. The van der Waals surface area contributed by atoms with Crippen molar-refractivity contribution >= 4 is 45.2 Å². The Hall–Kier alpha value is -2.31. The lowest BCUT2D eigenvalue weighted by Crippen LogP contribution is -1.93. The molecule has 0 fully saturated rings. The van der Waals surface area contributed by atoms with Crippen LogP contribution in [-0.4, -0.2) is 12.9 Å². The zero-order valence-electron chi connectivity index (χ0n) is 12.0. The van der Waals surface area contributed by atoms with Crippen LogP contribution in [0.15, 0.2) is 55.4 Å². The van der Waals surface area contributed by atoms with Crippen LogP contribution in [0.25, 0.3) is 16.4 Å². The van der Waals surface area contributed by atoms with E-state index in [0.29, 0.717) is 20.9 Å². The number of ketones is 1. The molecule has 0 atom stereocenters. The van der Waals surface area contributed by atoms with Crippen LogP contribution in [0.4, 0.5) is 0 Å². The molecular weight excluding hydrogens is 332 g/mol. The van der Waals surface area contributed by atoms with Crippen LogP contribution in [-0.2, 0) is 0 Å². The third kappa shape index (κ3) is 2.40. The lowest BCUT2D eigenvalue weighted by molar-refractivity contribution is 0.104. The average Bonchev–Trinajstić information content (AvgIpc) is 3.07. The summed E-state index contributed by atoms with van der Waals surface area (Å²) in [4.78, 5) is 25.1. The van der Waals surface area contributed by atoms with Gasteiger partial charge in [-0.2, -0.15) is 0 Å². The number of carbonyl (C=O) groups excluding carboxylic acids is 1. The molecule has 23 heavy (non-hydrogen) atoms. The molecule has 0 unspecified atom stereocenters. The van der Waals surface area contributed by atoms with Crippen molar-refractivity contribution in [1.29, 1.82) is 0 Å². The second-order valence-corrected chi connectivity index (χ2v) is 7.00. The third-order valence-electron chi connectivity index (χ3n) is 3.51. The number of ether oxygens (including phenoxy) is 1. The molecule has 1 aliphatic rings. The molecule has 3 aromatic rings. The van der Waals surface area contributed by atoms with Crippen molar-refractivity contribution in [2.75, 3.05) is 7.11 Å². The molecule has 0 aliphatic carbocycles. The van der Waals surface area contributed by atoms with E-state index >= 15 is 0 Å². The number of hydrogen-bond acceptors (Lipinski definition) is 6. The quantitative estimate of drug-likeness (QED) is 0.654. The van der Waals surface area contributed by atoms with E-state index in [4.69, 9.17) is 9.15 Å². The summed E-state index contributed by atoms with van der Waals surface area (Å²) in [6.45, 7) is 0. The summed E-state index contributed by atoms with van der Waals surface area (Å²) in [5, 5.41) is 0. The number of Topliss-reactive ketones (excluding diaryl/α,β-unsaturated/α-hetero) is 1. The Balaban J connectivity index is 1.82. The summed E-state index contributed by atoms with van der Waals surface area (Å²) in [5.41, 5.74) is 1.97. The van der Waals surface area contributed by atoms with Gasteiger partial charge in [-0.1, -0.05) is 35.2 Å². The molecule has 4 rings (SSSR count). The van der Waals surface area contributed by atoms with Crippen molar-refractivity contribution in [1.82, 2.24) is 0 Å². The Morgan fingerprint density at radius 3 is 2.78 bits per heavy atom. The Bertz CT molecular complexity index is 1030. The summed E-state index contributed by atoms with van der Waals surface area (Å²) < 4.78 is 11.1. The van der Waals surface area contributed by atoms with Crippen molar-refractivity contribution in [3.63, 3.8) is 0 Å². The molecule has 2 aromatic carbocycles. The van der Waals surface area contributed by atoms with E-state index in [2.05, 4.69) is 0 Å². The van der Waals surface area contributed by atoms with Gasteiger partial charge >= 0.3 is 4.94 Å². The third-order valence-corrected chi connectivity index (χ3v) is 5.39. The highest BCUT2D eigenvalue weighted by molar-refractivity contribution is 8.04. The summed E-state index contributed by atoms with van der Waals surface area (Å²) >= 11 is 2.47. The van der Waals surface area contributed by atoms with Gasteiger partial charge in [0, 0.05) is 10.5 Å². The molecular formula is C17H10O4S2. The monoisotopic (exact) mass is 342 g/mol. The average molecular weight is 342 g/mol. The topological polar surface area (TPSA) is 56.5 Å². The van der Waals surface area contributed by atoms with Crippen LogP contribution < -0.4 is 9.68 Å². The molecule has 0 radical (unpaired) electrons. The number of fused-ring (bicyclic) bond motifs is 2. The van der Waals surface area contributed by atoms with Crippen molar-refractivity contribution in [2.24, 2.45) is 0 Å². The maximum absolute atomic E-state index is 12.4. The first-order valence-electron chi connectivity index (χ1n) is 6.80. The Morgan fingerprint density at radius 1 is 1.17 bits per heavy atom. The van der Waals surface area contributed by atoms with Crippen molar-refractivity contribution in [3.8, 4) is 5.75 Å². The van der Waals surface area contributed by atoms with E-state index in [1.807, 2.05) is 36.4 Å². The van der Waals surface area contributed by atoms with Gasteiger partial charge < -0.3 is 9.15 Å². The van der Waals surface area contributed by atoms with Gasteiger partial charge in [0.2, 0.25) is 5.78 Å². The van der Waals surface area contributed by atoms with Crippen LogP contribution in [0.2, 0.25) is 0 Å². The normalized spacial score (nSPS) is 15.3. The minimum absolute atomic E-state index is 0.0186. The lowest BCUT2D eigenvalue weighted by Gasteiger charge is -2.02. The molecule has 2 heterocycles. The summed E-state index contributed by atoms with van der Waals surface area (Å²) in [6.07, 6.45) is 1.82. The molecule has 4 nitrogen and oxygen atoms in total. The van der Waals surface area contributed by atoms with Crippen LogP contribution in [0.3, 0.4) is 0 Å². The highest BCUT2D eigenvalue weighted by Crippen LogP contribution is 2.41. The van der Waals surface area contributed by atoms with Crippen molar-refractivity contribution in [2.45, 2.75) is 4.90 Å². The first kappa shape index (κ1) is 14.3. The second kappa shape index (κ2) is 5.40. The maximum atomic E-state index is 12.4. The fraction of sp³-hybridized carbons (Fsp3) is 0.0588. The second-order valence-electron chi connectivity index (χ2n) is 4.94. The molecule has 0 saturated heterocycles. The molecule has 114 valence electrons. The van der Waals surface area contributed by atoms with Gasteiger partial charge in [0.25, 0.3) is 0 Å². The molecule has 1 aliphatic heterocycles. The first-order chi connectivity index (χ1) is 11.2. The van der Waals surface area contributed by atoms with E-state index < -0.39 is 0 Å². The maximum Gasteiger partial charge on any atom is 0.396 e. The van der Waals surface area contributed by atoms with Crippen LogP contribution >= 0.6 is 23.1 Å². The smallest absolute Gasteiger partial charge is 0.396 e. The SMILES string of the molecule is COc1cc(C=C2Sc3ccccc3C2=O)cc2sc(=O)oc12. The molecule has 0 amide bonds. The van der Waals surface area contributed by atoms with E-state index in [1.165, 1.54) is 18.9 Å². The van der Waals surface area contributed by atoms with Crippen LogP contribution in [0.5, 0.6) is 5.75 Å². The number of allylic oxidation sites excluding steroid dienone is 1. The first-order valence-corrected chi connectivity index (χ1v) is 8.44. The lowest BCUT2D eigenvalue weighted by atomic mass is 10.1. The van der Waals surface area contributed by atoms with Gasteiger partial charge in [0.1, 0.15) is 0 Å². The van der Waals surface area contributed by atoms with E-state index in [0.717, 1.165) is 27.4 Å². The van der Waals surface area contributed by atoms with Gasteiger partial charge in [0.15, 0.2) is 11.3 Å². The van der Waals surface area contributed by atoms with Crippen molar-refractivity contribution < 1.29 is 13.9 Å². The minimum atomic E-state index is -0.373. The van der Waals surface area contributed by atoms with Gasteiger partial charge in [-0.15, -0.1) is 0 Å². The fourth-order valence-corrected chi connectivity index (χ4v) is 4.28. The standard InChI is InChI=1S/C17H10O4S2/c1-20-11-6-9(8-14-16(11)21-17(19)23-14)7-13-15(18)10-4-2-3-5-12(10)22-13/h2-8H,1H3. The van der Waals surface area contributed by atoms with Gasteiger partial charge in [-0.3, -0.25) is 4.79 Å². The molecule has 0 saturated carbocycles. The molecule has 0 bridgehead atoms. The van der Waals surface area contributed by atoms with Crippen LogP contribution in [0.1, 0.15) is 15.9 Å². The number of methoxy groups -OCH3 is 1. The highest BCUT2D eigenvalue weighted by Gasteiger charge is 2.25. The zero-order chi connectivity index (χ0) is 16.0. The number of rotatable bonds is 2. The van der Waals surface area contributed by atoms with Gasteiger partial charge in [-0.05, 0) is 35.9 Å². The largest absolute Gasteiger partial charge is 0.493 e. The van der Waals surface area contributed by atoms with Gasteiger partial charge in [0.05, 0.1) is 16.7 Å². The Labute approximate surface area is 139 Å². The summed E-state index contributed by atoms with van der Waals surface area (Å²) in [5.74, 6) is 0.505. The predicted molar refractivity (Wildman–Crippen MR) is 91.5 cm³/mol. The number of thioether (sulfide) groups is 1. The molecule has 6 heteroatoms. The van der Waals surface area contributed by atoms with Gasteiger partial charge in [-0.25, -0.2) is 4.79 Å². The van der Waals surface area contributed by atoms with Crippen molar-refractivity contribution in [3.05, 3.63) is 62.2 Å². The minimum Gasteiger partial charge on any atom is -0.493 e. The number of benzene rings is 2. The fourth-order valence-electron chi connectivity index (χ4n) is 2.49. The van der Waals surface area contributed by atoms with Crippen LogP contribution in [0, 0.1) is 0 Å². The van der Waals surface area contributed by atoms with E-state index in [9.17, 15) is 9.59 Å². The summed E-state index contributed by atoms with van der Waals surface area (Å²) in [6, 6.07) is 11.1. The zero-order valence-corrected chi connectivity index (χ0v) is 13.6. The Morgan fingerprint density at radius 2 is 2.00 bits per heavy atom. The summed E-state index contributed by atoms with van der Waals surface area (Å²) in [7, 11) is 1.52. The Kier molecular flexibility index (Phi) is 3.36. The van der Waals surface area contributed by atoms with E-state index in [-0.39, 0.29) is 10.7 Å². The highest BCUT2D eigenvalue weighted by atomic mass is 32.2. The predicted octanol–water partition coefficient (Wildman–Crippen LogP) is 4.19. The number of hydrogen-bond donors (Lipinski definition) is 0. The number of carbonyl (C=O) groups is 1. The van der Waals surface area contributed by atoms with E-state index in [1.54, 1.807) is 6.07 Å².